The van der Waals surface area contributed by atoms with E-state index < -0.39 is 6.10 Å². The van der Waals surface area contributed by atoms with Crippen LogP contribution in [0.3, 0.4) is 0 Å². The van der Waals surface area contributed by atoms with Crippen molar-refractivity contribution in [2.45, 2.75) is 22.1 Å². The number of thiophene rings is 1. The zero-order valence-electron chi connectivity index (χ0n) is 8.25. The molecular formula is C11H11NOS2. The number of hydrogen-bond donors (Lipinski definition) is 1. The molecule has 0 saturated heterocycles. The van der Waals surface area contributed by atoms with Crippen molar-refractivity contribution < 1.29 is 5.11 Å². The maximum absolute atomic E-state index is 9.30. The number of aliphatic hydroxyl groups excluding tert-OH is 1. The Hall–Kier alpha value is -0.840. The minimum Gasteiger partial charge on any atom is -0.387 e. The fraction of sp³-hybridized carbons (Fsp3) is 0.182. The molecule has 2 rings (SSSR count). The maximum Gasteiger partial charge on any atom is 0.0931 e. The van der Waals surface area contributed by atoms with E-state index in [0.717, 1.165) is 4.90 Å². The quantitative estimate of drug-likeness (QED) is 0.888. The van der Waals surface area contributed by atoms with Crippen LogP contribution in [0.2, 0.25) is 0 Å². The van der Waals surface area contributed by atoms with Crippen molar-refractivity contribution in [3.8, 4) is 0 Å². The summed E-state index contributed by atoms with van der Waals surface area (Å²) in [6.45, 7) is 1.72. The van der Waals surface area contributed by atoms with E-state index in [1.165, 1.54) is 4.21 Å². The van der Waals surface area contributed by atoms with Crippen molar-refractivity contribution in [2.24, 2.45) is 0 Å². The van der Waals surface area contributed by atoms with Crippen molar-refractivity contribution in [1.29, 1.82) is 0 Å². The third kappa shape index (κ3) is 2.81. The van der Waals surface area contributed by atoms with Crippen LogP contribution >= 0.6 is 23.1 Å². The molecule has 1 N–H and O–H groups in total. The van der Waals surface area contributed by atoms with Gasteiger partial charge >= 0.3 is 0 Å². The van der Waals surface area contributed by atoms with Gasteiger partial charge in [0.2, 0.25) is 0 Å². The second-order valence-corrected chi connectivity index (χ2v) is 5.45. The summed E-state index contributed by atoms with van der Waals surface area (Å²) in [6.07, 6.45) is 1.30. The van der Waals surface area contributed by atoms with E-state index in [1.807, 2.05) is 18.2 Å². The van der Waals surface area contributed by atoms with Crippen molar-refractivity contribution in [1.82, 2.24) is 4.98 Å². The van der Waals surface area contributed by atoms with Gasteiger partial charge in [-0.3, -0.25) is 4.98 Å². The molecule has 0 amide bonds. The van der Waals surface area contributed by atoms with E-state index in [4.69, 9.17) is 0 Å². The largest absolute Gasteiger partial charge is 0.387 e. The van der Waals surface area contributed by atoms with E-state index >= 15 is 0 Å². The van der Waals surface area contributed by atoms with Crippen LogP contribution in [0.4, 0.5) is 0 Å². The zero-order chi connectivity index (χ0) is 10.7. The first kappa shape index (κ1) is 10.7. The number of aliphatic hydroxyl groups is 1. The fourth-order valence-electron chi connectivity index (χ4n) is 1.14. The van der Waals surface area contributed by atoms with E-state index in [2.05, 4.69) is 16.4 Å². The first-order valence-electron chi connectivity index (χ1n) is 4.61. The molecular weight excluding hydrogens is 226 g/mol. The van der Waals surface area contributed by atoms with Gasteiger partial charge in [0, 0.05) is 11.1 Å². The Bertz CT molecular complexity index is 409. The molecule has 2 aromatic rings. The molecule has 0 unspecified atom stereocenters. The van der Waals surface area contributed by atoms with Crippen LogP contribution in [0.15, 0.2) is 44.9 Å². The highest BCUT2D eigenvalue weighted by Gasteiger charge is 2.03. The molecule has 4 heteroatoms. The van der Waals surface area contributed by atoms with E-state index in [9.17, 15) is 5.11 Å². The molecule has 0 aliphatic carbocycles. The summed E-state index contributed by atoms with van der Waals surface area (Å²) in [4.78, 5) is 5.29. The molecule has 2 nitrogen and oxygen atoms in total. The van der Waals surface area contributed by atoms with Crippen molar-refractivity contribution in [3.63, 3.8) is 0 Å². The predicted molar refractivity (Wildman–Crippen MR) is 63.3 cm³/mol. The van der Waals surface area contributed by atoms with Crippen LogP contribution in [-0.2, 0) is 0 Å². The molecule has 0 saturated carbocycles. The third-order valence-corrected chi connectivity index (χ3v) is 3.92. The normalized spacial score (nSPS) is 12.7. The second-order valence-electron chi connectivity index (χ2n) is 3.13. The van der Waals surface area contributed by atoms with Crippen LogP contribution in [0.25, 0.3) is 0 Å². The Morgan fingerprint density at radius 1 is 1.40 bits per heavy atom. The summed E-state index contributed by atoms with van der Waals surface area (Å²) in [5, 5.41) is 11.4. The summed E-state index contributed by atoms with van der Waals surface area (Å²) >= 11 is 3.40. The summed E-state index contributed by atoms with van der Waals surface area (Å²) < 4.78 is 1.25. The van der Waals surface area contributed by atoms with Crippen LogP contribution in [0, 0.1) is 0 Å². The lowest BCUT2D eigenvalue weighted by molar-refractivity contribution is 0.194. The van der Waals surface area contributed by atoms with Gasteiger partial charge in [-0.25, -0.2) is 0 Å². The lowest BCUT2D eigenvalue weighted by Gasteiger charge is -2.03. The number of aromatic nitrogens is 1. The highest BCUT2D eigenvalue weighted by molar-refractivity contribution is 8.01. The lowest BCUT2D eigenvalue weighted by Crippen LogP contribution is -1.93. The number of hydrogen-bond acceptors (Lipinski definition) is 4. The fourth-order valence-corrected chi connectivity index (χ4v) is 2.85. The Labute approximate surface area is 97.0 Å². The van der Waals surface area contributed by atoms with Crippen molar-refractivity contribution >= 4 is 23.1 Å². The summed E-state index contributed by atoms with van der Waals surface area (Å²) in [7, 11) is 0. The monoisotopic (exact) mass is 237 g/mol. The van der Waals surface area contributed by atoms with Crippen LogP contribution in [0.1, 0.15) is 18.7 Å². The number of pyridine rings is 1. The molecule has 0 fully saturated rings. The van der Waals surface area contributed by atoms with Gasteiger partial charge in [-0.05, 0) is 30.5 Å². The number of nitrogens with zero attached hydrogens (tertiary/aromatic N) is 1. The Balaban J connectivity index is 2.11. The van der Waals surface area contributed by atoms with Crippen molar-refractivity contribution in [2.75, 3.05) is 0 Å². The molecule has 0 bridgehead atoms. The first-order valence-corrected chi connectivity index (χ1v) is 6.30. The van der Waals surface area contributed by atoms with Gasteiger partial charge in [-0.1, -0.05) is 17.8 Å². The summed E-state index contributed by atoms with van der Waals surface area (Å²) in [5.74, 6) is 0. The average Bonchev–Trinajstić information content (AvgIpc) is 2.71. The predicted octanol–water partition coefficient (Wildman–Crippen LogP) is 3.35. The Morgan fingerprint density at radius 3 is 2.80 bits per heavy atom. The molecule has 0 spiro atoms. The SMILES string of the molecule is C[C@H](O)c1ccc(Sc2cccs2)cn1. The van der Waals surface area contributed by atoms with Crippen LogP contribution in [0.5, 0.6) is 0 Å². The molecule has 0 aliphatic rings. The van der Waals surface area contributed by atoms with E-state index in [-0.39, 0.29) is 0 Å². The second kappa shape index (κ2) is 4.79. The van der Waals surface area contributed by atoms with Gasteiger partial charge in [-0.2, -0.15) is 0 Å². The van der Waals surface area contributed by atoms with E-state index in [0.29, 0.717) is 5.69 Å². The molecule has 15 heavy (non-hydrogen) atoms. The van der Waals surface area contributed by atoms with Gasteiger partial charge in [-0.15, -0.1) is 11.3 Å². The van der Waals surface area contributed by atoms with Gasteiger partial charge in [0.25, 0.3) is 0 Å². The minimum atomic E-state index is -0.495. The summed E-state index contributed by atoms with van der Waals surface area (Å²) in [5.41, 5.74) is 0.713. The Morgan fingerprint density at radius 2 is 2.27 bits per heavy atom. The molecule has 2 heterocycles. The zero-order valence-corrected chi connectivity index (χ0v) is 9.89. The number of rotatable bonds is 3. The maximum atomic E-state index is 9.30. The molecule has 1 atom stereocenters. The molecule has 78 valence electrons. The summed E-state index contributed by atoms with van der Waals surface area (Å²) in [6, 6.07) is 7.96. The average molecular weight is 237 g/mol. The molecule has 0 aliphatic heterocycles. The minimum absolute atomic E-state index is 0.495. The highest BCUT2D eigenvalue weighted by atomic mass is 32.2. The molecule has 2 aromatic heterocycles. The standard InChI is InChI=1S/C11H11NOS2/c1-8(13)10-5-4-9(7-12-10)15-11-3-2-6-14-11/h2-8,13H,1H3/t8-/m0/s1. The smallest absolute Gasteiger partial charge is 0.0931 e. The Kier molecular flexibility index (Phi) is 3.41. The van der Waals surface area contributed by atoms with Gasteiger partial charge in [0.05, 0.1) is 16.0 Å². The third-order valence-electron chi connectivity index (χ3n) is 1.90. The van der Waals surface area contributed by atoms with Gasteiger partial charge < -0.3 is 5.11 Å². The van der Waals surface area contributed by atoms with E-state index in [1.54, 1.807) is 36.2 Å². The van der Waals surface area contributed by atoms with Crippen molar-refractivity contribution in [3.05, 3.63) is 41.5 Å². The molecule has 0 aromatic carbocycles. The van der Waals surface area contributed by atoms with Gasteiger partial charge in [0.1, 0.15) is 0 Å². The van der Waals surface area contributed by atoms with Crippen LogP contribution in [-0.4, -0.2) is 10.1 Å². The lowest BCUT2D eigenvalue weighted by atomic mass is 10.2. The topological polar surface area (TPSA) is 33.1 Å². The molecule has 0 radical (unpaired) electrons. The van der Waals surface area contributed by atoms with Crippen LogP contribution < -0.4 is 0 Å². The van der Waals surface area contributed by atoms with Gasteiger partial charge in [0.15, 0.2) is 0 Å². The first-order chi connectivity index (χ1) is 7.25. The highest BCUT2D eigenvalue weighted by Crippen LogP contribution is 2.30.